The number of aliphatic imine (C=N–C) groups is 1. The van der Waals surface area contributed by atoms with Crippen LogP contribution in [0.3, 0.4) is 0 Å². The molecule has 0 atom stereocenters. The Kier molecular flexibility index (Phi) is 10.4. The summed E-state index contributed by atoms with van der Waals surface area (Å²) in [5.74, 6) is 0.664. The van der Waals surface area contributed by atoms with Crippen LogP contribution < -0.4 is 10.6 Å². The van der Waals surface area contributed by atoms with E-state index in [9.17, 15) is 0 Å². The summed E-state index contributed by atoms with van der Waals surface area (Å²) in [6.07, 6.45) is 2.06. The van der Waals surface area contributed by atoms with Crippen LogP contribution in [0.25, 0.3) is 0 Å². The number of anilines is 1. The first-order chi connectivity index (χ1) is 11.2. The van der Waals surface area contributed by atoms with Crippen molar-refractivity contribution in [1.29, 1.82) is 0 Å². The van der Waals surface area contributed by atoms with Gasteiger partial charge in [0.2, 0.25) is 0 Å². The minimum Gasteiger partial charge on any atom is -0.382 e. The molecule has 0 radical (unpaired) electrons. The lowest BCUT2D eigenvalue weighted by atomic mass is 10.2. The first-order valence-corrected chi connectivity index (χ1v) is 8.71. The standard InChI is InChI=1S/C17H27ClN4O.HI/c1-2-23-14-4-3-9-20-17(19)22-12-10-21(11-13-22)16-7-5-15(18)6-8-16;/h5-8H,2-4,9-14H2,1H3,(H2,19,20);1H. The lowest BCUT2D eigenvalue weighted by Gasteiger charge is -2.36. The van der Waals surface area contributed by atoms with Crippen LogP contribution in [-0.4, -0.2) is 56.8 Å². The molecule has 1 aromatic carbocycles. The molecule has 7 heteroatoms. The summed E-state index contributed by atoms with van der Waals surface area (Å²) >= 11 is 5.94. The molecule has 1 saturated heterocycles. The Morgan fingerprint density at radius 2 is 1.83 bits per heavy atom. The van der Waals surface area contributed by atoms with Crippen LogP contribution in [0.15, 0.2) is 29.3 Å². The maximum Gasteiger partial charge on any atom is 0.191 e. The maximum absolute atomic E-state index is 6.10. The first-order valence-electron chi connectivity index (χ1n) is 8.34. The van der Waals surface area contributed by atoms with E-state index in [1.54, 1.807) is 0 Å². The van der Waals surface area contributed by atoms with Gasteiger partial charge in [-0.3, -0.25) is 4.99 Å². The Labute approximate surface area is 167 Å². The summed E-state index contributed by atoms with van der Waals surface area (Å²) in [7, 11) is 0. The molecular formula is C17H28ClIN4O. The van der Waals surface area contributed by atoms with Gasteiger partial charge in [0.1, 0.15) is 0 Å². The van der Waals surface area contributed by atoms with Gasteiger partial charge in [0.05, 0.1) is 0 Å². The highest BCUT2D eigenvalue weighted by molar-refractivity contribution is 14.0. The minimum absolute atomic E-state index is 0. The summed E-state index contributed by atoms with van der Waals surface area (Å²) in [6, 6.07) is 7.99. The number of hydrogen-bond donors (Lipinski definition) is 1. The SMILES string of the molecule is CCOCCCCN=C(N)N1CCN(c2ccc(Cl)cc2)CC1.I. The van der Waals surface area contributed by atoms with Crippen molar-refractivity contribution in [3.8, 4) is 0 Å². The molecule has 1 aromatic rings. The number of nitrogens with zero attached hydrogens (tertiary/aromatic N) is 3. The molecule has 0 unspecified atom stereocenters. The second-order valence-corrected chi connectivity index (χ2v) is 6.03. The predicted molar refractivity (Wildman–Crippen MR) is 113 cm³/mol. The van der Waals surface area contributed by atoms with Crippen LogP contribution in [0.2, 0.25) is 5.02 Å². The molecule has 0 bridgehead atoms. The van der Waals surface area contributed by atoms with E-state index in [2.05, 4.69) is 26.9 Å². The largest absolute Gasteiger partial charge is 0.382 e. The van der Waals surface area contributed by atoms with Crippen LogP contribution in [0.1, 0.15) is 19.8 Å². The zero-order valence-corrected chi connectivity index (χ0v) is 17.4. The quantitative estimate of drug-likeness (QED) is 0.290. The second kappa shape index (κ2) is 11.8. The molecule has 1 aliphatic rings. The van der Waals surface area contributed by atoms with Crippen molar-refractivity contribution in [2.24, 2.45) is 10.7 Å². The molecule has 2 rings (SSSR count). The molecule has 24 heavy (non-hydrogen) atoms. The summed E-state index contributed by atoms with van der Waals surface area (Å²) in [4.78, 5) is 8.99. The fourth-order valence-corrected chi connectivity index (χ4v) is 2.73. The van der Waals surface area contributed by atoms with Crippen molar-refractivity contribution >= 4 is 47.2 Å². The van der Waals surface area contributed by atoms with Crippen molar-refractivity contribution in [1.82, 2.24) is 4.90 Å². The number of nitrogens with two attached hydrogens (primary N) is 1. The monoisotopic (exact) mass is 466 g/mol. The lowest BCUT2D eigenvalue weighted by molar-refractivity contribution is 0.144. The Hall–Kier alpha value is -0.730. The summed E-state index contributed by atoms with van der Waals surface area (Å²) in [5.41, 5.74) is 7.31. The Bertz CT molecular complexity index is 490. The van der Waals surface area contributed by atoms with E-state index in [0.717, 1.165) is 63.8 Å². The number of halogens is 2. The number of rotatable bonds is 7. The second-order valence-electron chi connectivity index (χ2n) is 5.59. The van der Waals surface area contributed by atoms with E-state index in [4.69, 9.17) is 22.1 Å². The molecule has 1 fully saturated rings. The number of piperazine rings is 1. The highest BCUT2D eigenvalue weighted by Crippen LogP contribution is 2.19. The van der Waals surface area contributed by atoms with Gasteiger partial charge < -0.3 is 20.3 Å². The third kappa shape index (κ3) is 7.03. The number of ether oxygens (including phenoxy) is 1. The van der Waals surface area contributed by atoms with Crippen molar-refractivity contribution in [3.05, 3.63) is 29.3 Å². The molecule has 1 heterocycles. The topological polar surface area (TPSA) is 54.1 Å². The molecule has 136 valence electrons. The van der Waals surface area contributed by atoms with Gasteiger partial charge in [0, 0.05) is 56.6 Å². The molecule has 2 N–H and O–H groups in total. The average Bonchev–Trinajstić information content (AvgIpc) is 2.58. The Morgan fingerprint density at radius 1 is 1.17 bits per heavy atom. The molecular weight excluding hydrogens is 439 g/mol. The Morgan fingerprint density at radius 3 is 2.46 bits per heavy atom. The number of guanidine groups is 1. The zero-order valence-electron chi connectivity index (χ0n) is 14.3. The van der Waals surface area contributed by atoms with Crippen molar-refractivity contribution < 1.29 is 4.74 Å². The zero-order chi connectivity index (χ0) is 16.5. The van der Waals surface area contributed by atoms with E-state index in [1.165, 1.54) is 5.69 Å². The third-order valence-corrected chi connectivity index (χ3v) is 4.22. The smallest absolute Gasteiger partial charge is 0.191 e. The van der Waals surface area contributed by atoms with Crippen LogP contribution >= 0.6 is 35.6 Å². The summed E-state index contributed by atoms with van der Waals surface area (Å²) < 4.78 is 5.31. The fourth-order valence-electron chi connectivity index (χ4n) is 2.60. The van der Waals surface area contributed by atoms with Gasteiger partial charge in [-0.05, 0) is 44.0 Å². The maximum atomic E-state index is 6.10. The van der Waals surface area contributed by atoms with Crippen molar-refractivity contribution in [2.75, 3.05) is 50.8 Å². The Balaban J connectivity index is 0.00000288. The molecule has 0 aromatic heterocycles. The van der Waals surface area contributed by atoms with Gasteiger partial charge in [-0.1, -0.05) is 11.6 Å². The normalized spacial score (nSPS) is 15.3. The first kappa shape index (κ1) is 21.3. The van der Waals surface area contributed by atoms with Crippen molar-refractivity contribution in [2.45, 2.75) is 19.8 Å². The van der Waals surface area contributed by atoms with Gasteiger partial charge >= 0.3 is 0 Å². The average molecular weight is 467 g/mol. The molecule has 5 nitrogen and oxygen atoms in total. The van der Waals surface area contributed by atoms with Gasteiger partial charge in [-0.15, -0.1) is 24.0 Å². The summed E-state index contributed by atoms with van der Waals surface area (Å²) in [5, 5.41) is 0.771. The predicted octanol–water partition coefficient (Wildman–Crippen LogP) is 3.21. The van der Waals surface area contributed by atoms with E-state index in [0.29, 0.717) is 5.96 Å². The minimum atomic E-state index is 0. The van der Waals surface area contributed by atoms with Gasteiger partial charge in [0.25, 0.3) is 0 Å². The molecule has 0 amide bonds. The number of benzene rings is 1. The van der Waals surface area contributed by atoms with Crippen LogP contribution in [-0.2, 0) is 4.74 Å². The van der Waals surface area contributed by atoms with Crippen molar-refractivity contribution in [3.63, 3.8) is 0 Å². The highest BCUT2D eigenvalue weighted by Gasteiger charge is 2.18. The lowest BCUT2D eigenvalue weighted by Crippen LogP contribution is -2.51. The van der Waals surface area contributed by atoms with Gasteiger partial charge in [0.15, 0.2) is 5.96 Å². The number of hydrogen-bond acceptors (Lipinski definition) is 3. The van der Waals surface area contributed by atoms with Crippen LogP contribution in [0, 0.1) is 0 Å². The molecule has 0 spiro atoms. The molecule has 1 aliphatic heterocycles. The van der Waals surface area contributed by atoms with E-state index in [-0.39, 0.29) is 24.0 Å². The summed E-state index contributed by atoms with van der Waals surface area (Å²) in [6.45, 7) is 8.07. The molecule has 0 saturated carbocycles. The van der Waals surface area contributed by atoms with E-state index >= 15 is 0 Å². The third-order valence-electron chi connectivity index (χ3n) is 3.97. The highest BCUT2D eigenvalue weighted by atomic mass is 127. The van der Waals surface area contributed by atoms with E-state index < -0.39 is 0 Å². The number of unbranched alkanes of at least 4 members (excludes halogenated alkanes) is 1. The van der Waals surface area contributed by atoms with Gasteiger partial charge in [-0.25, -0.2) is 0 Å². The molecule has 0 aliphatic carbocycles. The fraction of sp³-hybridized carbons (Fsp3) is 0.588. The van der Waals surface area contributed by atoms with Crippen LogP contribution in [0.5, 0.6) is 0 Å². The van der Waals surface area contributed by atoms with Crippen LogP contribution in [0.4, 0.5) is 5.69 Å². The van der Waals surface area contributed by atoms with E-state index in [1.807, 2.05) is 19.1 Å². The van der Waals surface area contributed by atoms with Gasteiger partial charge in [-0.2, -0.15) is 0 Å².